The highest BCUT2D eigenvalue weighted by Crippen LogP contribution is 2.12. The molecule has 0 aliphatic rings. The number of anilines is 1. The van der Waals surface area contributed by atoms with Crippen molar-refractivity contribution >= 4 is 22.7 Å². The van der Waals surface area contributed by atoms with Crippen LogP contribution in [0.3, 0.4) is 0 Å². The number of nitrogens with one attached hydrogen (secondary N) is 1. The molecule has 0 unspecified atom stereocenters. The zero-order valence-electron chi connectivity index (χ0n) is 13.4. The summed E-state index contributed by atoms with van der Waals surface area (Å²) in [5.74, 6) is -0.486. The van der Waals surface area contributed by atoms with Crippen molar-refractivity contribution in [2.75, 3.05) is 12.1 Å². The zero-order valence-corrected chi connectivity index (χ0v) is 13.4. The topological polar surface area (TPSA) is 67.5 Å². The van der Waals surface area contributed by atoms with Gasteiger partial charge >= 0.3 is 5.76 Å². The van der Waals surface area contributed by atoms with Crippen molar-refractivity contribution in [2.24, 2.45) is 0 Å². The molecule has 0 aliphatic heterocycles. The number of fused-ring (bicyclic) bond motifs is 1. The second kappa shape index (κ2) is 7.04. The van der Waals surface area contributed by atoms with Crippen molar-refractivity contribution in [3.05, 3.63) is 65.1 Å². The molecule has 0 aliphatic carbocycles. The highest BCUT2D eigenvalue weighted by molar-refractivity contribution is 5.77. The van der Waals surface area contributed by atoms with E-state index in [2.05, 4.69) is 5.43 Å². The van der Waals surface area contributed by atoms with E-state index in [1.54, 1.807) is 22.7 Å². The minimum atomic E-state index is -0.391. The van der Waals surface area contributed by atoms with Crippen LogP contribution in [0.5, 0.6) is 0 Å². The summed E-state index contributed by atoms with van der Waals surface area (Å²) in [6.07, 6.45) is 0.876. The van der Waals surface area contributed by atoms with Gasteiger partial charge in [-0.3, -0.25) is 19.8 Å². The molecule has 1 aromatic heterocycles. The van der Waals surface area contributed by atoms with E-state index in [4.69, 9.17) is 4.42 Å². The van der Waals surface area contributed by atoms with Gasteiger partial charge in [0.25, 0.3) is 0 Å². The first-order chi connectivity index (χ1) is 11.6. The summed E-state index contributed by atoms with van der Waals surface area (Å²) in [5, 5.41) is 1.68. The third kappa shape index (κ3) is 3.48. The van der Waals surface area contributed by atoms with Gasteiger partial charge in [0.1, 0.15) is 0 Å². The van der Waals surface area contributed by atoms with E-state index in [0.29, 0.717) is 25.0 Å². The van der Waals surface area contributed by atoms with Crippen LogP contribution in [0.1, 0.15) is 12.8 Å². The van der Waals surface area contributed by atoms with Crippen molar-refractivity contribution in [2.45, 2.75) is 19.4 Å². The molecular weight excluding hydrogens is 306 g/mol. The second-order valence-corrected chi connectivity index (χ2v) is 5.52. The molecular formula is C18H19N3O3. The van der Waals surface area contributed by atoms with E-state index < -0.39 is 5.76 Å². The van der Waals surface area contributed by atoms with Crippen LogP contribution < -0.4 is 16.2 Å². The van der Waals surface area contributed by atoms with E-state index >= 15 is 0 Å². The lowest BCUT2D eigenvalue weighted by atomic mass is 10.3. The third-order valence-corrected chi connectivity index (χ3v) is 3.80. The fourth-order valence-electron chi connectivity index (χ4n) is 2.58. The Hall–Kier alpha value is -3.02. The maximum absolute atomic E-state index is 12.0. The standard InChI is InChI=1S/C18H19N3O3/c1-20(14-8-3-2-4-9-14)19-17(22)12-7-13-21-15-10-5-6-11-16(15)24-18(21)23/h2-6,8-11H,7,12-13H2,1H3,(H,19,22). The normalized spacial score (nSPS) is 10.7. The first-order valence-electron chi connectivity index (χ1n) is 7.82. The molecule has 0 spiro atoms. The van der Waals surface area contributed by atoms with Crippen LogP contribution >= 0.6 is 0 Å². The summed E-state index contributed by atoms with van der Waals surface area (Å²) in [5.41, 5.74) is 5.04. The monoisotopic (exact) mass is 325 g/mol. The SMILES string of the molecule is CN(NC(=O)CCCn1c(=O)oc2ccccc21)c1ccccc1. The number of amides is 1. The van der Waals surface area contributed by atoms with Gasteiger partial charge in [0.2, 0.25) is 5.91 Å². The number of nitrogens with zero attached hydrogens (tertiary/aromatic N) is 2. The van der Waals surface area contributed by atoms with Crippen LogP contribution in [0.2, 0.25) is 0 Å². The van der Waals surface area contributed by atoms with Gasteiger partial charge in [0.15, 0.2) is 5.58 Å². The number of para-hydroxylation sites is 3. The van der Waals surface area contributed by atoms with E-state index in [1.165, 1.54) is 0 Å². The number of oxazole rings is 1. The van der Waals surface area contributed by atoms with Crippen molar-refractivity contribution in [3.8, 4) is 0 Å². The Morgan fingerprint density at radius 1 is 1.12 bits per heavy atom. The molecule has 0 saturated heterocycles. The Labute approximate surface area is 139 Å². The average molecular weight is 325 g/mol. The molecule has 3 aromatic rings. The Morgan fingerprint density at radius 2 is 1.83 bits per heavy atom. The highest BCUT2D eigenvalue weighted by atomic mass is 16.4. The number of benzene rings is 2. The molecule has 2 aromatic carbocycles. The molecule has 0 atom stereocenters. The summed E-state index contributed by atoms with van der Waals surface area (Å²) in [4.78, 5) is 23.9. The molecule has 3 rings (SSSR count). The minimum absolute atomic E-state index is 0.0952. The molecule has 1 N–H and O–H groups in total. The number of carbonyl (C=O) groups excluding carboxylic acids is 1. The minimum Gasteiger partial charge on any atom is -0.408 e. The lowest BCUT2D eigenvalue weighted by Gasteiger charge is -2.20. The first kappa shape index (κ1) is 15.9. The number of aromatic nitrogens is 1. The second-order valence-electron chi connectivity index (χ2n) is 5.52. The number of hydrazine groups is 1. The maximum Gasteiger partial charge on any atom is 0.419 e. The van der Waals surface area contributed by atoms with Gasteiger partial charge in [-0.15, -0.1) is 0 Å². The predicted molar refractivity (Wildman–Crippen MR) is 92.7 cm³/mol. The van der Waals surface area contributed by atoms with Gasteiger partial charge in [-0.1, -0.05) is 30.3 Å². The largest absolute Gasteiger partial charge is 0.419 e. The van der Waals surface area contributed by atoms with Gasteiger partial charge in [0, 0.05) is 20.0 Å². The van der Waals surface area contributed by atoms with Crippen molar-refractivity contribution in [3.63, 3.8) is 0 Å². The zero-order chi connectivity index (χ0) is 16.9. The molecule has 1 amide bonds. The number of hydrogen-bond acceptors (Lipinski definition) is 4. The lowest BCUT2D eigenvalue weighted by Crippen LogP contribution is -2.39. The Bertz CT molecular complexity index is 883. The Morgan fingerprint density at radius 3 is 2.62 bits per heavy atom. The summed E-state index contributed by atoms with van der Waals surface area (Å²) >= 11 is 0. The number of hydrogen-bond donors (Lipinski definition) is 1. The van der Waals surface area contributed by atoms with Crippen LogP contribution in [0.25, 0.3) is 11.1 Å². The third-order valence-electron chi connectivity index (χ3n) is 3.80. The molecule has 0 fully saturated rings. The van der Waals surface area contributed by atoms with Crippen molar-refractivity contribution in [1.29, 1.82) is 0 Å². The molecule has 24 heavy (non-hydrogen) atoms. The predicted octanol–water partition coefficient (Wildman–Crippen LogP) is 2.54. The Balaban J connectivity index is 1.55. The van der Waals surface area contributed by atoms with E-state index in [9.17, 15) is 9.59 Å². The van der Waals surface area contributed by atoms with Crippen LogP contribution in [0.15, 0.2) is 63.8 Å². The highest BCUT2D eigenvalue weighted by Gasteiger charge is 2.10. The number of carbonyl (C=O) groups is 1. The van der Waals surface area contributed by atoms with Crippen LogP contribution in [0.4, 0.5) is 5.69 Å². The van der Waals surface area contributed by atoms with E-state index in [0.717, 1.165) is 11.2 Å². The van der Waals surface area contributed by atoms with Gasteiger partial charge < -0.3 is 4.42 Å². The quantitative estimate of drug-likeness (QED) is 0.707. The van der Waals surface area contributed by atoms with Crippen molar-refractivity contribution in [1.82, 2.24) is 9.99 Å². The van der Waals surface area contributed by atoms with E-state index in [1.807, 2.05) is 48.5 Å². The average Bonchev–Trinajstić information content (AvgIpc) is 2.91. The molecule has 1 heterocycles. The van der Waals surface area contributed by atoms with Crippen LogP contribution in [-0.4, -0.2) is 17.5 Å². The summed E-state index contributed by atoms with van der Waals surface area (Å²) < 4.78 is 6.74. The molecule has 124 valence electrons. The fourth-order valence-corrected chi connectivity index (χ4v) is 2.58. The maximum atomic E-state index is 12.0. The Kier molecular flexibility index (Phi) is 4.65. The molecule has 0 radical (unpaired) electrons. The summed E-state index contributed by atoms with van der Waals surface area (Å²) in [6, 6.07) is 16.8. The van der Waals surface area contributed by atoms with Gasteiger partial charge in [-0.25, -0.2) is 4.79 Å². The number of aryl methyl sites for hydroxylation is 1. The molecule has 0 saturated carbocycles. The van der Waals surface area contributed by atoms with Gasteiger partial charge in [0.05, 0.1) is 11.2 Å². The smallest absolute Gasteiger partial charge is 0.408 e. The van der Waals surface area contributed by atoms with Crippen LogP contribution in [0, 0.1) is 0 Å². The van der Waals surface area contributed by atoms with Gasteiger partial charge in [-0.05, 0) is 30.7 Å². The first-order valence-corrected chi connectivity index (χ1v) is 7.82. The fraction of sp³-hybridized carbons (Fsp3) is 0.222. The summed E-state index contributed by atoms with van der Waals surface area (Å²) in [6.45, 7) is 0.443. The molecule has 0 bridgehead atoms. The van der Waals surface area contributed by atoms with Crippen molar-refractivity contribution < 1.29 is 9.21 Å². The molecule has 6 nitrogen and oxygen atoms in total. The van der Waals surface area contributed by atoms with Crippen LogP contribution in [-0.2, 0) is 11.3 Å². The lowest BCUT2D eigenvalue weighted by molar-refractivity contribution is -0.121. The molecule has 6 heteroatoms. The van der Waals surface area contributed by atoms with E-state index in [-0.39, 0.29) is 5.91 Å². The number of rotatable bonds is 6. The summed E-state index contributed by atoms with van der Waals surface area (Å²) in [7, 11) is 1.79. The van der Waals surface area contributed by atoms with Gasteiger partial charge in [-0.2, -0.15) is 0 Å².